The fourth-order valence-electron chi connectivity index (χ4n) is 7.59. The van der Waals surface area contributed by atoms with Crippen molar-refractivity contribution in [2.75, 3.05) is 32.1 Å². The lowest BCUT2D eigenvalue weighted by Crippen LogP contribution is -2.54. The van der Waals surface area contributed by atoms with Gasteiger partial charge in [-0.25, -0.2) is 9.78 Å². The summed E-state index contributed by atoms with van der Waals surface area (Å²) in [6, 6.07) is 16.1. The van der Waals surface area contributed by atoms with Crippen molar-refractivity contribution in [3.8, 4) is 0 Å². The van der Waals surface area contributed by atoms with Crippen LogP contribution in [0, 0.1) is 17.2 Å². The number of pyridine rings is 1. The van der Waals surface area contributed by atoms with Crippen molar-refractivity contribution in [2.45, 2.75) is 89.0 Å². The number of amides is 3. The molecule has 2 heterocycles. The summed E-state index contributed by atoms with van der Waals surface area (Å²) in [4.78, 5) is 35.3. The summed E-state index contributed by atoms with van der Waals surface area (Å²) in [5.41, 5.74) is 1.68. The number of urea groups is 1. The minimum Gasteiger partial charge on any atom is -0.480 e. The van der Waals surface area contributed by atoms with E-state index in [9.17, 15) is 9.59 Å². The van der Waals surface area contributed by atoms with E-state index in [2.05, 4.69) is 59.4 Å². The van der Waals surface area contributed by atoms with E-state index in [4.69, 9.17) is 10.1 Å². The standard InChI is InChI=1S/C34H47N5O3/c1-4-10-25(2)21-33(27-13-6-5-7-14-27)17-19-34(20-18-33)24-38(32(41)39(34)22-26-11-8-12-26)23-30(40)37-29-16-9-15-28(36-29)31(35)42-3/h5-7,9,13-16,25-26,35H,4,8,10-12,17-24H2,1-3H3,(H,36,37,40)/t25?,33-,34-. The highest BCUT2D eigenvalue weighted by Gasteiger charge is 2.54. The largest absolute Gasteiger partial charge is 0.480 e. The van der Waals surface area contributed by atoms with E-state index in [0.717, 1.165) is 32.2 Å². The van der Waals surface area contributed by atoms with Crippen molar-refractivity contribution in [1.82, 2.24) is 14.8 Å². The Bertz CT molecular complexity index is 1250. The van der Waals surface area contributed by atoms with E-state index in [1.54, 1.807) is 23.1 Å². The van der Waals surface area contributed by atoms with Crippen molar-refractivity contribution in [2.24, 2.45) is 11.8 Å². The Balaban J connectivity index is 1.33. The fourth-order valence-corrected chi connectivity index (χ4v) is 7.59. The Morgan fingerprint density at radius 3 is 2.50 bits per heavy atom. The topological polar surface area (TPSA) is 98.6 Å². The minimum atomic E-state index is -0.277. The molecule has 2 N–H and O–H groups in total. The lowest BCUT2D eigenvalue weighted by atomic mass is 9.60. The van der Waals surface area contributed by atoms with Crippen LogP contribution < -0.4 is 5.32 Å². The molecule has 42 heavy (non-hydrogen) atoms. The summed E-state index contributed by atoms with van der Waals surface area (Å²) in [5.74, 6) is 1.22. The van der Waals surface area contributed by atoms with Crippen molar-refractivity contribution < 1.29 is 14.3 Å². The highest BCUT2D eigenvalue weighted by molar-refractivity contribution is 5.95. The number of anilines is 1. The zero-order valence-corrected chi connectivity index (χ0v) is 25.5. The molecule has 8 nitrogen and oxygen atoms in total. The molecule has 3 fully saturated rings. The number of hydrogen-bond acceptors (Lipinski definition) is 5. The maximum absolute atomic E-state index is 13.9. The van der Waals surface area contributed by atoms with Crippen LogP contribution in [-0.2, 0) is 14.9 Å². The number of rotatable bonds is 11. The first kappa shape index (κ1) is 30.1. The second-order valence-electron chi connectivity index (χ2n) is 13.0. The molecule has 3 amide bonds. The van der Waals surface area contributed by atoms with Gasteiger partial charge in [-0.1, -0.05) is 69.5 Å². The van der Waals surface area contributed by atoms with E-state index >= 15 is 0 Å². The number of benzene rings is 1. The Kier molecular flexibility index (Phi) is 9.19. The zero-order chi connectivity index (χ0) is 29.7. The molecule has 0 radical (unpaired) electrons. The van der Waals surface area contributed by atoms with Gasteiger partial charge in [0.1, 0.15) is 18.1 Å². The summed E-state index contributed by atoms with van der Waals surface area (Å²) in [5, 5.41) is 10.7. The van der Waals surface area contributed by atoms with Gasteiger partial charge in [0.15, 0.2) is 0 Å². The number of hydrogen-bond donors (Lipinski definition) is 2. The number of carbonyl (C=O) groups is 2. The van der Waals surface area contributed by atoms with Crippen LogP contribution in [0.3, 0.4) is 0 Å². The highest BCUT2D eigenvalue weighted by Crippen LogP contribution is 2.51. The average Bonchev–Trinajstić information content (AvgIpc) is 3.21. The molecule has 1 atom stereocenters. The molecule has 3 aliphatic rings. The molecule has 2 aromatic rings. The molecule has 1 aromatic heterocycles. The van der Waals surface area contributed by atoms with Crippen molar-refractivity contribution in [3.05, 3.63) is 59.8 Å². The molecule has 1 aliphatic heterocycles. The van der Waals surface area contributed by atoms with Gasteiger partial charge in [-0.15, -0.1) is 0 Å². The number of methoxy groups -OCH3 is 1. The summed E-state index contributed by atoms with van der Waals surface area (Å²) in [6.07, 6.45) is 11.2. The number of carbonyl (C=O) groups excluding carboxylic acids is 2. The van der Waals surface area contributed by atoms with Crippen LogP contribution in [0.15, 0.2) is 48.5 Å². The second-order valence-corrected chi connectivity index (χ2v) is 13.0. The number of nitrogens with one attached hydrogen (secondary N) is 2. The van der Waals surface area contributed by atoms with E-state index in [-0.39, 0.29) is 35.3 Å². The fraction of sp³-hybridized carbons (Fsp3) is 0.588. The van der Waals surface area contributed by atoms with Crippen LogP contribution >= 0.6 is 0 Å². The number of ether oxygens (including phenoxy) is 1. The van der Waals surface area contributed by atoms with Gasteiger partial charge in [0, 0.05) is 13.1 Å². The summed E-state index contributed by atoms with van der Waals surface area (Å²) < 4.78 is 4.96. The van der Waals surface area contributed by atoms with Gasteiger partial charge in [-0.2, -0.15) is 0 Å². The average molecular weight is 574 g/mol. The van der Waals surface area contributed by atoms with Crippen LogP contribution in [0.4, 0.5) is 10.6 Å². The van der Waals surface area contributed by atoms with Crippen LogP contribution in [0.25, 0.3) is 0 Å². The Morgan fingerprint density at radius 2 is 1.86 bits per heavy atom. The molecule has 8 heteroatoms. The number of aromatic nitrogens is 1. The Morgan fingerprint density at radius 1 is 1.12 bits per heavy atom. The molecule has 2 aliphatic carbocycles. The maximum atomic E-state index is 13.9. The van der Waals surface area contributed by atoms with Crippen LogP contribution in [0.5, 0.6) is 0 Å². The Labute approximate surface area is 250 Å². The SMILES string of the molecule is CCCC(C)C[C@]1(c2ccccc2)CC[C@]2(CC1)CN(CC(=O)Nc1cccc(C(=N)OC)n1)C(=O)N2CC1CCC1. The third-order valence-electron chi connectivity index (χ3n) is 10.1. The molecule has 1 spiro atoms. The van der Waals surface area contributed by atoms with Crippen molar-refractivity contribution >= 4 is 23.7 Å². The first-order valence-electron chi connectivity index (χ1n) is 15.8. The molecule has 1 saturated heterocycles. The lowest BCUT2D eigenvalue weighted by Gasteiger charge is -2.50. The van der Waals surface area contributed by atoms with Gasteiger partial charge in [-0.3, -0.25) is 10.2 Å². The highest BCUT2D eigenvalue weighted by atomic mass is 16.5. The molecular weight excluding hydrogens is 526 g/mol. The van der Waals surface area contributed by atoms with Crippen LogP contribution in [-0.4, -0.2) is 64.9 Å². The molecule has 2 saturated carbocycles. The van der Waals surface area contributed by atoms with Gasteiger partial charge >= 0.3 is 6.03 Å². The Hall–Kier alpha value is -3.42. The van der Waals surface area contributed by atoms with Crippen LogP contribution in [0.2, 0.25) is 0 Å². The lowest BCUT2D eigenvalue weighted by molar-refractivity contribution is -0.116. The third kappa shape index (κ3) is 6.32. The molecular formula is C34H47N5O3. The monoisotopic (exact) mass is 573 g/mol. The first-order chi connectivity index (χ1) is 20.3. The van der Waals surface area contributed by atoms with Gasteiger partial charge < -0.3 is 19.9 Å². The smallest absolute Gasteiger partial charge is 0.321 e. The molecule has 1 aromatic carbocycles. The quantitative estimate of drug-likeness (QED) is 0.234. The van der Waals surface area contributed by atoms with Gasteiger partial charge in [-0.05, 0) is 79.9 Å². The van der Waals surface area contributed by atoms with E-state index in [1.165, 1.54) is 51.2 Å². The number of nitrogens with zero attached hydrogens (tertiary/aromatic N) is 3. The minimum absolute atomic E-state index is 0.00720. The predicted octanol–water partition coefficient (Wildman–Crippen LogP) is 6.61. The summed E-state index contributed by atoms with van der Waals surface area (Å²) in [6.45, 7) is 6.04. The first-order valence-corrected chi connectivity index (χ1v) is 15.8. The van der Waals surface area contributed by atoms with E-state index in [0.29, 0.717) is 29.9 Å². The maximum Gasteiger partial charge on any atom is 0.321 e. The third-order valence-corrected chi connectivity index (χ3v) is 10.1. The van der Waals surface area contributed by atoms with Crippen molar-refractivity contribution in [1.29, 1.82) is 5.41 Å². The van der Waals surface area contributed by atoms with Crippen molar-refractivity contribution in [3.63, 3.8) is 0 Å². The van der Waals surface area contributed by atoms with E-state index < -0.39 is 0 Å². The molecule has 1 unspecified atom stereocenters. The predicted molar refractivity (Wildman–Crippen MR) is 166 cm³/mol. The normalized spacial score (nSPS) is 24.9. The molecule has 226 valence electrons. The van der Waals surface area contributed by atoms with Crippen LogP contribution in [0.1, 0.15) is 89.3 Å². The molecule has 0 bridgehead atoms. The van der Waals surface area contributed by atoms with Gasteiger partial charge in [0.2, 0.25) is 11.8 Å². The second kappa shape index (κ2) is 12.8. The summed E-state index contributed by atoms with van der Waals surface area (Å²) in [7, 11) is 1.42. The van der Waals surface area contributed by atoms with Gasteiger partial charge in [0.25, 0.3) is 0 Å². The van der Waals surface area contributed by atoms with Gasteiger partial charge in [0.05, 0.1) is 12.6 Å². The molecule has 5 rings (SSSR count). The summed E-state index contributed by atoms with van der Waals surface area (Å²) >= 11 is 0. The van der Waals surface area contributed by atoms with E-state index in [1.807, 2.05) is 0 Å². The zero-order valence-electron chi connectivity index (χ0n) is 25.5.